The summed E-state index contributed by atoms with van der Waals surface area (Å²) in [6, 6.07) is 28.3. The van der Waals surface area contributed by atoms with Crippen LogP contribution in [0.2, 0.25) is 0 Å². The number of aromatic hydroxyl groups is 1. The highest BCUT2D eigenvalue weighted by atomic mass is 16.5. The Balaban J connectivity index is 1.12. The maximum atomic E-state index is 12.6. The fourth-order valence-corrected chi connectivity index (χ4v) is 5.54. The van der Waals surface area contributed by atoms with Gasteiger partial charge in [0.2, 0.25) is 6.41 Å². The molecule has 0 bridgehead atoms. The number of carbonyl (C=O) groups excluding carboxylic acids is 3. The van der Waals surface area contributed by atoms with Crippen molar-refractivity contribution < 1.29 is 34.1 Å². The van der Waals surface area contributed by atoms with Gasteiger partial charge < -0.3 is 41.0 Å². The fourth-order valence-electron chi connectivity index (χ4n) is 5.54. The van der Waals surface area contributed by atoms with Crippen molar-refractivity contribution in [2.24, 2.45) is 0 Å². The first-order valence-electron chi connectivity index (χ1n) is 16.9. The average Bonchev–Trinajstić information content (AvgIpc) is 3.15. The van der Waals surface area contributed by atoms with E-state index in [4.69, 9.17) is 9.47 Å². The van der Waals surface area contributed by atoms with Gasteiger partial charge in [0.05, 0.1) is 24.4 Å². The zero-order valence-corrected chi connectivity index (χ0v) is 28.9. The summed E-state index contributed by atoms with van der Waals surface area (Å²) in [5, 5.41) is 32.4. The summed E-state index contributed by atoms with van der Waals surface area (Å²) in [5.41, 5.74) is 4.89. The van der Waals surface area contributed by atoms with Crippen LogP contribution in [0, 0.1) is 0 Å². The molecule has 2 atom stereocenters. The fraction of sp³-hybridized carbons (Fsp3) is 0.275. The van der Waals surface area contributed by atoms with Crippen LogP contribution >= 0.6 is 0 Å². The van der Waals surface area contributed by atoms with E-state index in [-0.39, 0.29) is 43.1 Å². The molecule has 11 heteroatoms. The molecule has 51 heavy (non-hydrogen) atoms. The Kier molecular flexibility index (Phi) is 15.2. The largest absolute Gasteiger partial charge is 0.506 e. The minimum Gasteiger partial charge on any atom is -0.506 e. The number of hydrogen-bond acceptors (Lipinski definition) is 9. The third-order valence-electron chi connectivity index (χ3n) is 8.13. The van der Waals surface area contributed by atoms with Gasteiger partial charge in [0.1, 0.15) is 24.7 Å². The predicted molar refractivity (Wildman–Crippen MR) is 197 cm³/mol. The Labute approximate surface area is 298 Å². The highest BCUT2D eigenvalue weighted by Gasteiger charge is 2.17. The van der Waals surface area contributed by atoms with Crippen molar-refractivity contribution in [3.8, 4) is 11.5 Å². The summed E-state index contributed by atoms with van der Waals surface area (Å²) in [6.07, 6.45) is 4.34. The lowest BCUT2D eigenvalue weighted by molar-refractivity contribution is -0.142. The maximum absolute atomic E-state index is 12.6. The zero-order valence-electron chi connectivity index (χ0n) is 28.9. The Hall–Kier alpha value is -5.49. The molecule has 0 saturated carbocycles. The van der Waals surface area contributed by atoms with Gasteiger partial charge in [0.15, 0.2) is 0 Å². The molecular formula is C40H46N4O7. The standard InChI is InChI=1S/C40H46N4O7/c1-3-10-34-33(19-20-35(46)39(34)44-27-45)36(47)24-42-21-7-8-22-50-37(48)25-43-40(49)30-17-15-28(16-18-30)26-51-32-14-9-13-31(23-32)38(41-2)29-11-5-4-6-12-29/h3-6,9-20,23,27,36,38,41-42,46-47H,7-8,21-22,24-26H2,1-2H3,(H,43,49)(H,44,45)/b10-3-. The molecule has 0 aromatic heterocycles. The molecule has 0 aliphatic carbocycles. The molecule has 0 heterocycles. The number of rotatable bonds is 20. The highest BCUT2D eigenvalue weighted by molar-refractivity contribution is 5.95. The SMILES string of the molecule is C/C=C\c1c(C(O)CNCCCCOC(=O)CNC(=O)c2ccc(COc3cccc(C(NC)c4ccccc4)c3)cc2)ccc(O)c1NC=O. The number of aliphatic hydroxyl groups excluding tert-OH is 1. The first-order valence-corrected chi connectivity index (χ1v) is 16.9. The number of phenolic OH excluding ortho intramolecular Hbond substituents is 1. The van der Waals surface area contributed by atoms with Crippen LogP contribution < -0.4 is 26.0 Å². The summed E-state index contributed by atoms with van der Waals surface area (Å²) < 4.78 is 11.3. The van der Waals surface area contributed by atoms with Gasteiger partial charge in [-0.1, -0.05) is 72.8 Å². The Bertz CT molecular complexity index is 1750. The van der Waals surface area contributed by atoms with Gasteiger partial charge in [-0.2, -0.15) is 0 Å². The van der Waals surface area contributed by atoms with Gasteiger partial charge in [0, 0.05) is 17.7 Å². The van der Waals surface area contributed by atoms with Gasteiger partial charge in [-0.05, 0) is 85.9 Å². The number of benzene rings is 4. The highest BCUT2D eigenvalue weighted by Crippen LogP contribution is 2.34. The molecule has 11 nitrogen and oxygen atoms in total. The van der Waals surface area contributed by atoms with Crippen molar-refractivity contribution in [3.63, 3.8) is 0 Å². The zero-order chi connectivity index (χ0) is 36.4. The van der Waals surface area contributed by atoms with Gasteiger partial charge >= 0.3 is 5.97 Å². The van der Waals surface area contributed by atoms with Crippen LogP contribution in [-0.4, -0.2) is 61.8 Å². The first-order chi connectivity index (χ1) is 24.8. The number of allylic oxidation sites excluding steroid dienone is 1. The van der Waals surface area contributed by atoms with E-state index >= 15 is 0 Å². The van der Waals surface area contributed by atoms with E-state index in [0.29, 0.717) is 49.1 Å². The van der Waals surface area contributed by atoms with Gasteiger partial charge in [-0.3, -0.25) is 14.4 Å². The van der Waals surface area contributed by atoms with Gasteiger partial charge in [-0.25, -0.2) is 0 Å². The number of nitrogens with one attached hydrogen (secondary N) is 4. The number of unbranched alkanes of at least 4 members (excludes halogenated alkanes) is 1. The molecule has 0 aliphatic rings. The summed E-state index contributed by atoms with van der Waals surface area (Å²) in [5.74, 6) is -0.262. The van der Waals surface area contributed by atoms with E-state index in [1.165, 1.54) is 6.07 Å². The van der Waals surface area contributed by atoms with Crippen LogP contribution in [0.3, 0.4) is 0 Å². The monoisotopic (exact) mass is 694 g/mol. The molecule has 2 unspecified atom stereocenters. The normalized spacial score (nSPS) is 12.2. The first kappa shape index (κ1) is 38.3. The minimum absolute atomic E-state index is 0.0410. The average molecular weight is 695 g/mol. The van der Waals surface area contributed by atoms with Crippen LogP contribution in [0.25, 0.3) is 6.08 Å². The molecule has 0 saturated heterocycles. The Morgan fingerprint density at radius 1 is 0.922 bits per heavy atom. The van der Waals surface area contributed by atoms with E-state index in [1.54, 1.807) is 37.3 Å². The number of phenols is 1. The molecule has 4 aromatic rings. The lowest BCUT2D eigenvalue weighted by Gasteiger charge is -2.18. The van der Waals surface area contributed by atoms with Crippen molar-refractivity contribution in [2.45, 2.75) is 38.5 Å². The molecule has 0 aliphatic heterocycles. The van der Waals surface area contributed by atoms with E-state index in [2.05, 4.69) is 39.5 Å². The van der Waals surface area contributed by atoms with Crippen LogP contribution in [0.1, 0.15) is 70.1 Å². The molecule has 0 radical (unpaired) electrons. The molecule has 268 valence electrons. The molecule has 0 fully saturated rings. The van der Waals surface area contributed by atoms with Crippen molar-refractivity contribution in [1.29, 1.82) is 0 Å². The van der Waals surface area contributed by atoms with Gasteiger partial charge in [0.25, 0.3) is 5.91 Å². The van der Waals surface area contributed by atoms with Crippen molar-refractivity contribution in [3.05, 3.63) is 130 Å². The second kappa shape index (κ2) is 20.2. The Morgan fingerprint density at radius 2 is 1.69 bits per heavy atom. The molecule has 4 aromatic carbocycles. The molecule has 0 spiro atoms. The smallest absolute Gasteiger partial charge is 0.325 e. The van der Waals surface area contributed by atoms with Crippen molar-refractivity contribution >= 4 is 30.0 Å². The van der Waals surface area contributed by atoms with Crippen molar-refractivity contribution in [2.75, 3.05) is 38.6 Å². The number of amides is 2. The van der Waals surface area contributed by atoms with Gasteiger partial charge in [-0.15, -0.1) is 0 Å². The second-order valence-electron chi connectivity index (χ2n) is 11.7. The number of aliphatic hydroxyl groups is 1. The summed E-state index contributed by atoms with van der Waals surface area (Å²) >= 11 is 0. The quantitative estimate of drug-likeness (QED) is 0.0314. The lowest BCUT2D eigenvalue weighted by Crippen LogP contribution is -2.30. The number of esters is 1. The Morgan fingerprint density at radius 3 is 2.41 bits per heavy atom. The number of anilines is 1. The maximum Gasteiger partial charge on any atom is 0.325 e. The number of hydrogen-bond donors (Lipinski definition) is 6. The topological polar surface area (TPSA) is 158 Å². The summed E-state index contributed by atoms with van der Waals surface area (Å²) in [6.45, 7) is 2.90. The van der Waals surface area contributed by atoms with E-state index in [9.17, 15) is 24.6 Å². The van der Waals surface area contributed by atoms with Crippen molar-refractivity contribution in [1.82, 2.24) is 16.0 Å². The minimum atomic E-state index is -0.880. The van der Waals surface area contributed by atoms with Crippen LogP contribution in [0.4, 0.5) is 5.69 Å². The lowest BCUT2D eigenvalue weighted by atomic mass is 9.99. The van der Waals surface area contributed by atoms with Crippen LogP contribution in [0.5, 0.6) is 11.5 Å². The van der Waals surface area contributed by atoms with E-state index < -0.39 is 12.1 Å². The van der Waals surface area contributed by atoms with Crippen LogP contribution in [-0.2, 0) is 20.9 Å². The van der Waals surface area contributed by atoms with Crippen LogP contribution in [0.15, 0.2) is 97.1 Å². The number of carbonyl (C=O) groups is 3. The second-order valence-corrected chi connectivity index (χ2v) is 11.7. The van der Waals surface area contributed by atoms with E-state index in [0.717, 1.165) is 22.4 Å². The van der Waals surface area contributed by atoms with E-state index in [1.807, 2.05) is 55.6 Å². The third kappa shape index (κ3) is 11.5. The molecule has 4 rings (SSSR count). The molecule has 2 amide bonds. The summed E-state index contributed by atoms with van der Waals surface area (Å²) in [7, 11) is 1.93. The summed E-state index contributed by atoms with van der Waals surface area (Å²) in [4.78, 5) is 35.7. The predicted octanol–water partition coefficient (Wildman–Crippen LogP) is 5.26. The molecule has 6 N–H and O–H groups in total. The molecular weight excluding hydrogens is 648 g/mol. The third-order valence-corrected chi connectivity index (χ3v) is 8.13. The number of ether oxygens (including phenoxy) is 2.